The van der Waals surface area contributed by atoms with Gasteiger partial charge in [0, 0.05) is 56.3 Å². The molecule has 126 valence electrons. The van der Waals surface area contributed by atoms with Gasteiger partial charge in [0.15, 0.2) is 0 Å². The second kappa shape index (κ2) is 6.63. The SMILES string of the molecule is Oc1ccc(N2CCN(c3ccc(N4CCCC4)cc3)CC2)cc1. The summed E-state index contributed by atoms with van der Waals surface area (Å²) in [6.07, 6.45) is 2.64. The van der Waals surface area contributed by atoms with Crippen molar-refractivity contribution >= 4 is 17.1 Å². The van der Waals surface area contributed by atoms with Crippen LogP contribution >= 0.6 is 0 Å². The van der Waals surface area contributed by atoms with Crippen molar-refractivity contribution in [1.82, 2.24) is 0 Å². The Kier molecular flexibility index (Phi) is 4.20. The fraction of sp³-hybridized carbons (Fsp3) is 0.400. The number of benzene rings is 2. The van der Waals surface area contributed by atoms with Gasteiger partial charge < -0.3 is 19.8 Å². The van der Waals surface area contributed by atoms with Crippen molar-refractivity contribution in [2.45, 2.75) is 12.8 Å². The summed E-state index contributed by atoms with van der Waals surface area (Å²) < 4.78 is 0. The maximum atomic E-state index is 9.42. The zero-order valence-corrected chi connectivity index (χ0v) is 14.1. The van der Waals surface area contributed by atoms with Gasteiger partial charge in [-0.3, -0.25) is 0 Å². The molecular formula is C20H25N3O. The van der Waals surface area contributed by atoms with Crippen LogP contribution in [0.25, 0.3) is 0 Å². The van der Waals surface area contributed by atoms with Gasteiger partial charge in [-0.25, -0.2) is 0 Å². The lowest BCUT2D eigenvalue weighted by Gasteiger charge is -2.37. The standard InChI is InChI=1S/C20H25N3O/c24-20-9-7-19(8-10-20)23-15-13-22(14-16-23)18-5-3-17(4-6-18)21-11-1-2-12-21/h3-10,24H,1-2,11-16H2. The second-order valence-corrected chi connectivity index (χ2v) is 6.70. The van der Waals surface area contributed by atoms with Crippen LogP contribution in [0.5, 0.6) is 5.75 Å². The van der Waals surface area contributed by atoms with Gasteiger partial charge in [0.05, 0.1) is 0 Å². The zero-order chi connectivity index (χ0) is 16.4. The van der Waals surface area contributed by atoms with Crippen molar-refractivity contribution in [3.05, 3.63) is 48.5 Å². The average Bonchev–Trinajstić information content (AvgIpc) is 3.17. The van der Waals surface area contributed by atoms with E-state index in [1.807, 2.05) is 12.1 Å². The van der Waals surface area contributed by atoms with Gasteiger partial charge in [0.2, 0.25) is 0 Å². The van der Waals surface area contributed by atoms with E-state index < -0.39 is 0 Å². The number of hydrogen-bond acceptors (Lipinski definition) is 4. The molecule has 0 aliphatic carbocycles. The highest BCUT2D eigenvalue weighted by molar-refractivity contribution is 5.58. The fourth-order valence-electron chi connectivity index (χ4n) is 3.74. The van der Waals surface area contributed by atoms with Crippen LogP contribution in [0.15, 0.2) is 48.5 Å². The molecule has 2 fully saturated rings. The molecule has 0 amide bonds. The van der Waals surface area contributed by atoms with E-state index >= 15 is 0 Å². The van der Waals surface area contributed by atoms with Crippen molar-refractivity contribution < 1.29 is 5.11 Å². The molecule has 0 radical (unpaired) electrons. The van der Waals surface area contributed by atoms with E-state index in [9.17, 15) is 5.11 Å². The van der Waals surface area contributed by atoms with Crippen LogP contribution in [0.2, 0.25) is 0 Å². The Morgan fingerprint density at radius 1 is 0.500 bits per heavy atom. The molecule has 4 nitrogen and oxygen atoms in total. The number of hydrogen-bond donors (Lipinski definition) is 1. The maximum Gasteiger partial charge on any atom is 0.115 e. The van der Waals surface area contributed by atoms with Gasteiger partial charge in [-0.1, -0.05) is 0 Å². The first-order chi connectivity index (χ1) is 11.8. The molecular weight excluding hydrogens is 298 g/mol. The van der Waals surface area contributed by atoms with Crippen molar-refractivity contribution in [2.75, 3.05) is 54.0 Å². The largest absolute Gasteiger partial charge is 0.508 e. The molecule has 0 unspecified atom stereocenters. The summed E-state index contributed by atoms with van der Waals surface area (Å²) in [6.45, 7) is 6.49. The Morgan fingerprint density at radius 3 is 1.25 bits per heavy atom. The molecule has 0 saturated carbocycles. The van der Waals surface area contributed by atoms with Gasteiger partial charge in [-0.2, -0.15) is 0 Å². The molecule has 4 heteroatoms. The van der Waals surface area contributed by atoms with Crippen LogP contribution in [0, 0.1) is 0 Å². The van der Waals surface area contributed by atoms with Crippen LogP contribution in [-0.2, 0) is 0 Å². The molecule has 2 aliphatic heterocycles. The molecule has 0 atom stereocenters. The number of nitrogens with zero attached hydrogens (tertiary/aromatic N) is 3. The number of anilines is 3. The topological polar surface area (TPSA) is 30.0 Å². The normalized spacial score (nSPS) is 18.2. The summed E-state index contributed by atoms with van der Waals surface area (Å²) >= 11 is 0. The predicted octanol–water partition coefficient (Wildman–Crippen LogP) is 3.32. The molecule has 1 N–H and O–H groups in total. The molecule has 24 heavy (non-hydrogen) atoms. The predicted molar refractivity (Wildman–Crippen MR) is 100 cm³/mol. The summed E-state index contributed by atoms with van der Waals surface area (Å²) in [5.74, 6) is 0.329. The first kappa shape index (κ1) is 15.2. The van der Waals surface area contributed by atoms with E-state index in [1.165, 1.54) is 43.0 Å². The third-order valence-electron chi connectivity index (χ3n) is 5.18. The molecule has 2 aliphatic rings. The molecule has 0 spiro atoms. The first-order valence-electron chi connectivity index (χ1n) is 8.93. The summed E-state index contributed by atoms with van der Waals surface area (Å²) in [4.78, 5) is 7.33. The summed E-state index contributed by atoms with van der Waals surface area (Å²) in [5.41, 5.74) is 3.87. The Morgan fingerprint density at radius 2 is 0.833 bits per heavy atom. The van der Waals surface area contributed by atoms with Crippen LogP contribution in [0.1, 0.15) is 12.8 Å². The molecule has 0 bridgehead atoms. The minimum absolute atomic E-state index is 0.329. The lowest BCUT2D eigenvalue weighted by Crippen LogP contribution is -2.46. The second-order valence-electron chi connectivity index (χ2n) is 6.70. The highest BCUT2D eigenvalue weighted by Crippen LogP contribution is 2.26. The van der Waals surface area contributed by atoms with E-state index in [0.29, 0.717) is 5.75 Å². The molecule has 2 aromatic carbocycles. The number of aromatic hydroxyl groups is 1. The number of phenolic OH excluding ortho intramolecular Hbond substituents is 1. The van der Waals surface area contributed by atoms with Crippen LogP contribution in [0.4, 0.5) is 17.1 Å². The average molecular weight is 323 g/mol. The van der Waals surface area contributed by atoms with E-state index in [2.05, 4.69) is 39.0 Å². The molecule has 4 rings (SSSR count). The molecule has 2 saturated heterocycles. The summed E-state index contributed by atoms with van der Waals surface area (Å²) in [7, 11) is 0. The Bertz CT molecular complexity index is 654. The zero-order valence-electron chi connectivity index (χ0n) is 14.1. The third kappa shape index (κ3) is 3.14. The van der Waals surface area contributed by atoms with Crippen LogP contribution < -0.4 is 14.7 Å². The van der Waals surface area contributed by atoms with Gasteiger partial charge >= 0.3 is 0 Å². The smallest absolute Gasteiger partial charge is 0.115 e. The molecule has 2 aromatic rings. The van der Waals surface area contributed by atoms with Gasteiger partial charge in [0.25, 0.3) is 0 Å². The third-order valence-corrected chi connectivity index (χ3v) is 5.18. The molecule has 2 heterocycles. The van der Waals surface area contributed by atoms with E-state index in [-0.39, 0.29) is 0 Å². The summed E-state index contributed by atoms with van der Waals surface area (Å²) in [6, 6.07) is 16.6. The van der Waals surface area contributed by atoms with Crippen molar-refractivity contribution in [3.8, 4) is 5.75 Å². The van der Waals surface area contributed by atoms with Crippen LogP contribution in [-0.4, -0.2) is 44.4 Å². The van der Waals surface area contributed by atoms with Crippen molar-refractivity contribution in [3.63, 3.8) is 0 Å². The Balaban J connectivity index is 1.37. The Hall–Kier alpha value is -2.36. The number of piperazine rings is 1. The van der Waals surface area contributed by atoms with Crippen molar-refractivity contribution in [1.29, 1.82) is 0 Å². The molecule has 0 aromatic heterocycles. The monoisotopic (exact) mass is 323 g/mol. The highest BCUT2D eigenvalue weighted by atomic mass is 16.3. The minimum atomic E-state index is 0.329. The number of rotatable bonds is 3. The Labute approximate surface area is 143 Å². The van der Waals surface area contributed by atoms with Crippen LogP contribution in [0.3, 0.4) is 0 Å². The van der Waals surface area contributed by atoms with Gasteiger partial charge in [-0.15, -0.1) is 0 Å². The summed E-state index contributed by atoms with van der Waals surface area (Å²) in [5, 5.41) is 9.42. The van der Waals surface area contributed by atoms with E-state index in [1.54, 1.807) is 12.1 Å². The minimum Gasteiger partial charge on any atom is -0.508 e. The van der Waals surface area contributed by atoms with E-state index in [4.69, 9.17) is 0 Å². The first-order valence-corrected chi connectivity index (χ1v) is 8.93. The highest BCUT2D eigenvalue weighted by Gasteiger charge is 2.18. The lowest BCUT2D eigenvalue weighted by molar-refractivity contribution is 0.475. The lowest BCUT2D eigenvalue weighted by atomic mass is 10.2. The van der Waals surface area contributed by atoms with Gasteiger partial charge in [0.1, 0.15) is 5.75 Å². The van der Waals surface area contributed by atoms with Crippen molar-refractivity contribution in [2.24, 2.45) is 0 Å². The maximum absolute atomic E-state index is 9.42. The quantitative estimate of drug-likeness (QED) is 0.938. The number of phenols is 1. The van der Waals surface area contributed by atoms with E-state index in [0.717, 1.165) is 26.2 Å². The fourth-order valence-corrected chi connectivity index (χ4v) is 3.74. The van der Waals surface area contributed by atoms with Gasteiger partial charge in [-0.05, 0) is 61.4 Å².